The van der Waals surface area contributed by atoms with Crippen LogP contribution >= 0.6 is 0 Å². The number of anilines is 2. The van der Waals surface area contributed by atoms with Gasteiger partial charge in [0, 0.05) is 76.0 Å². The Bertz CT molecular complexity index is 2220. The molecule has 0 unspecified atom stereocenters. The fourth-order valence-electron chi connectivity index (χ4n) is 6.22. The van der Waals surface area contributed by atoms with Crippen molar-refractivity contribution < 1.29 is 29.7 Å². The molecule has 4 aromatic rings. The Kier molecular flexibility index (Phi) is 13.1. The third-order valence-electron chi connectivity index (χ3n) is 9.46. The number of benzene rings is 4. The van der Waals surface area contributed by atoms with E-state index in [-0.39, 0.29) is 5.56 Å². The summed E-state index contributed by atoms with van der Waals surface area (Å²) >= 11 is 0. The van der Waals surface area contributed by atoms with Crippen molar-refractivity contribution in [3.05, 3.63) is 185 Å². The zero-order valence-electron chi connectivity index (χ0n) is 33.0. The van der Waals surface area contributed by atoms with Gasteiger partial charge in [0.25, 0.3) is 0 Å². The summed E-state index contributed by atoms with van der Waals surface area (Å²) in [4.78, 5) is 15.4. The lowest BCUT2D eigenvalue weighted by atomic mass is 9.90. The number of nitrogens with zero attached hydrogens (tertiary/aromatic N) is 4. The highest BCUT2D eigenvalue weighted by molar-refractivity contribution is 6.04. The lowest BCUT2D eigenvalue weighted by Gasteiger charge is -2.16. The molecule has 0 saturated carbocycles. The van der Waals surface area contributed by atoms with E-state index >= 15 is 0 Å². The molecule has 0 radical (unpaired) electrons. The van der Waals surface area contributed by atoms with Crippen molar-refractivity contribution in [2.45, 2.75) is 0 Å². The first kappa shape index (κ1) is 39.8. The summed E-state index contributed by atoms with van der Waals surface area (Å²) in [5.74, 6) is -0.918. The van der Waals surface area contributed by atoms with E-state index in [0.29, 0.717) is 0 Å². The van der Waals surface area contributed by atoms with Crippen molar-refractivity contribution in [3.8, 4) is 0 Å². The summed E-state index contributed by atoms with van der Waals surface area (Å²) in [6, 6.07) is 32.0. The normalized spacial score (nSPS) is 13.0. The molecule has 0 spiro atoms. The van der Waals surface area contributed by atoms with Gasteiger partial charge in [0.15, 0.2) is 17.1 Å². The summed E-state index contributed by atoms with van der Waals surface area (Å²) in [5, 5.41) is 18.4. The number of carbonyl (C=O) groups is 1. The predicted octanol–water partition coefficient (Wildman–Crippen LogP) is 7.07. The van der Waals surface area contributed by atoms with Crippen LogP contribution in [0.1, 0.15) is 32.6 Å². The molecule has 4 aromatic carbocycles. The molecule has 2 aliphatic carbocycles. The molecule has 0 saturated heterocycles. The van der Waals surface area contributed by atoms with Crippen LogP contribution < -0.4 is 15.3 Å². The van der Waals surface area contributed by atoms with Crippen LogP contribution in [-0.4, -0.2) is 93.2 Å². The third kappa shape index (κ3) is 10.00. The van der Waals surface area contributed by atoms with Crippen LogP contribution in [-0.2, 0) is 0 Å². The molecule has 0 amide bonds. The summed E-state index contributed by atoms with van der Waals surface area (Å²) < 4.78 is 4.16. The largest absolute Gasteiger partial charge is 0.478 e. The van der Waals surface area contributed by atoms with E-state index < -0.39 is 5.97 Å². The molecular formula is C47H52N5O3+3. The van der Waals surface area contributed by atoms with Crippen molar-refractivity contribution in [1.29, 1.82) is 0 Å². The minimum atomic E-state index is -0.918. The Hall–Kier alpha value is -6.35. The molecule has 0 aromatic heterocycles. The highest BCUT2D eigenvalue weighted by Crippen LogP contribution is 2.32. The molecular weight excluding hydrogens is 683 g/mol. The van der Waals surface area contributed by atoms with Gasteiger partial charge in [-0.25, -0.2) is 19.2 Å². The van der Waals surface area contributed by atoms with Crippen LogP contribution in [0.5, 0.6) is 0 Å². The second-order valence-electron chi connectivity index (χ2n) is 14.1. The van der Waals surface area contributed by atoms with Gasteiger partial charge >= 0.3 is 5.97 Å². The number of carboxylic acids is 1. The van der Waals surface area contributed by atoms with Crippen molar-refractivity contribution >= 4 is 45.6 Å². The van der Waals surface area contributed by atoms with Crippen molar-refractivity contribution in [2.24, 2.45) is 0 Å². The number of aromatic carboxylic acids is 1. The molecule has 6 rings (SSSR count). The van der Waals surface area contributed by atoms with Crippen molar-refractivity contribution in [1.82, 2.24) is 0 Å². The lowest BCUT2D eigenvalue weighted by molar-refractivity contribution is -0.825. The number of carboxylic acid groups (broad SMARTS) is 1. The molecule has 55 heavy (non-hydrogen) atoms. The van der Waals surface area contributed by atoms with Crippen LogP contribution in [0, 0.1) is 0 Å². The molecule has 2 aliphatic rings. The van der Waals surface area contributed by atoms with E-state index in [1.165, 1.54) is 28.1 Å². The summed E-state index contributed by atoms with van der Waals surface area (Å²) in [6.45, 7) is 0. The number of nitrogens with two attached hydrogens (primary N) is 1. The zero-order chi connectivity index (χ0) is 39.6. The molecule has 8 heteroatoms. The smallest absolute Gasteiger partial charge is 0.335 e. The highest BCUT2D eigenvalue weighted by atomic mass is 16.5. The Balaban J connectivity index is 0.000000211. The van der Waals surface area contributed by atoms with Crippen LogP contribution in [0.25, 0.3) is 11.1 Å². The molecule has 280 valence electrons. The molecule has 4 N–H and O–H groups in total. The Morgan fingerprint density at radius 3 is 1.04 bits per heavy atom. The molecule has 0 heterocycles. The average Bonchev–Trinajstić information content (AvgIpc) is 3.19. The van der Waals surface area contributed by atoms with Crippen LogP contribution in [0.2, 0.25) is 0 Å². The van der Waals surface area contributed by atoms with E-state index in [1.807, 2.05) is 80.6 Å². The average molecular weight is 735 g/mol. The molecule has 0 bridgehead atoms. The van der Waals surface area contributed by atoms with Gasteiger partial charge in [-0.2, -0.15) is 5.48 Å². The monoisotopic (exact) mass is 734 g/mol. The molecule has 0 atom stereocenters. The van der Waals surface area contributed by atoms with Crippen molar-refractivity contribution in [3.63, 3.8) is 0 Å². The highest BCUT2D eigenvalue weighted by Gasteiger charge is 2.16. The Morgan fingerprint density at radius 2 is 0.764 bits per heavy atom. The second kappa shape index (κ2) is 18.1. The van der Waals surface area contributed by atoms with E-state index in [9.17, 15) is 15.1 Å². The minimum absolute atomic E-state index is 0.286. The Morgan fingerprint density at radius 1 is 0.473 bits per heavy atom. The van der Waals surface area contributed by atoms with Gasteiger partial charge in [-0.3, -0.25) is 0 Å². The summed E-state index contributed by atoms with van der Waals surface area (Å²) in [5.41, 5.74) is 15.7. The standard InChI is InChI=1S/C24H24N2O2.C23H25N3O/c1-25(2)21-13-9-18(10-14-21)23(17-5-7-20(8-6-17)24(27)28)19-11-15-22(16-12-19)26(3)4;1-25(2)21-13-7-18(8-14-21)23(17-5-11-20(24-27)12-6-17)19-9-15-22(16-10-19)26(3)4/h5-16H,1-4H3;5-16,27H,1-4H3/p+3. The fourth-order valence-corrected chi connectivity index (χ4v) is 6.22. The molecule has 0 aliphatic heterocycles. The van der Waals surface area contributed by atoms with Crippen LogP contribution in [0.4, 0.5) is 17.1 Å². The maximum Gasteiger partial charge on any atom is 0.335 e. The maximum atomic E-state index is 11.2. The van der Waals surface area contributed by atoms with Gasteiger partial charge in [-0.05, 0) is 117 Å². The number of allylic oxidation sites excluding steroid dienone is 10. The van der Waals surface area contributed by atoms with E-state index in [0.717, 1.165) is 50.4 Å². The number of hydrogen-bond acceptors (Lipinski definition) is 4. The maximum absolute atomic E-state index is 11.2. The Labute approximate surface area is 325 Å². The van der Waals surface area contributed by atoms with E-state index in [2.05, 4.69) is 128 Å². The summed E-state index contributed by atoms with van der Waals surface area (Å²) in [7, 11) is 16.3. The van der Waals surface area contributed by atoms with Gasteiger partial charge in [0.1, 0.15) is 28.2 Å². The zero-order valence-corrected chi connectivity index (χ0v) is 33.0. The topological polar surface area (TPSA) is 86.6 Å². The van der Waals surface area contributed by atoms with E-state index in [4.69, 9.17) is 0 Å². The minimum Gasteiger partial charge on any atom is -0.478 e. The third-order valence-corrected chi connectivity index (χ3v) is 9.46. The SMILES string of the molecule is CN(C)c1ccc(C(=C2C=CC(=[N+](C)C)C=C2)c2ccc(C(=O)O)cc2)cc1.CN(C)c1ccc(C(=C2C=CC(=[N+](C)C)C=C2)c2ccc([NH2+]O)cc2)cc1. The van der Waals surface area contributed by atoms with Gasteiger partial charge in [-0.15, -0.1) is 0 Å². The second-order valence-corrected chi connectivity index (χ2v) is 14.1. The van der Waals surface area contributed by atoms with Crippen molar-refractivity contribution in [2.75, 3.05) is 66.2 Å². The first-order chi connectivity index (χ1) is 26.4. The van der Waals surface area contributed by atoms with E-state index in [1.54, 1.807) is 12.1 Å². The number of hydrogen-bond donors (Lipinski definition) is 3. The quantitative estimate of drug-likeness (QED) is 0.103. The molecule has 8 nitrogen and oxygen atoms in total. The van der Waals surface area contributed by atoms with Gasteiger partial charge in [0.2, 0.25) is 0 Å². The first-order valence-corrected chi connectivity index (χ1v) is 18.1. The van der Waals surface area contributed by atoms with Crippen LogP contribution in [0.15, 0.2) is 157 Å². The summed E-state index contributed by atoms with van der Waals surface area (Å²) in [6.07, 6.45) is 17.0. The van der Waals surface area contributed by atoms with Gasteiger partial charge in [0.05, 0.1) is 5.56 Å². The predicted molar refractivity (Wildman–Crippen MR) is 228 cm³/mol. The lowest BCUT2D eigenvalue weighted by Crippen LogP contribution is -2.73. The molecule has 0 fully saturated rings. The fraction of sp³-hybridized carbons (Fsp3) is 0.170. The van der Waals surface area contributed by atoms with Crippen LogP contribution in [0.3, 0.4) is 0 Å². The first-order valence-electron chi connectivity index (χ1n) is 18.1. The van der Waals surface area contributed by atoms with Gasteiger partial charge in [-0.1, -0.05) is 36.4 Å². The number of rotatable bonds is 8. The number of quaternary nitrogens is 1. The van der Waals surface area contributed by atoms with Gasteiger partial charge < -0.3 is 14.9 Å².